The molecule has 1 N–H and O–H groups in total. The number of carbonyl (C=O) groups is 1. The zero-order valence-corrected chi connectivity index (χ0v) is 22.2. The maximum Gasteiger partial charge on any atom is 0.322 e. The molecule has 194 valence electrons. The highest BCUT2D eigenvalue weighted by Crippen LogP contribution is 2.49. The predicted molar refractivity (Wildman–Crippen MR) is 140 cm³/mol. The Morgan fingerprint density at radius 2 is 1.94 bits per heavy atom. The Hall–Kier alpha value is -3.01. The summed E-state index contributed by atoms with van der Waals surface area (Å²) in [4.78, 5) is 29.9. The van der Waals surface area contributed by atoms with Crippen molar-refractivity contribution in [3.8, 4) is 0 Å². The third kappa shape index (κ3) is 3.68. The zero-order valence-electron chi connectivity index (χ0n) is 22.2. The molecule has 2 aliphatic carbocycles. The lowest BCUT2D eigenvalue weighted by atomic mass is 9.86. The third-order valence-electron chi connectivity index (χ3n) is 8.09. The fourth-order valence-corrected chi connectivity index (χ4v) is 5.95. The van der Waals surface area contributed by atoms with E-state index in [-0.39, 0.29) is 12.2 Å². The van der Waals surface area contributed by atoms with E-state index < -0.39 is 5.54 Å². The molecule has 2 fully saturated rings. The predicted octanol–water partition coefficient (Wildman–Crippen LogP) is 2.33. The summed E-state index contributed by atoms with van der Waals surface area (Å²) in [5.74, 6) is 0.814. The van der Waals surface area contributed by atoms with E-state index in [1.807, 2.05) is 18.1 Å². The van der Waals surface area contributed by atoms with Gasteiger partial charge in [0, 0.05) is 56.7 Å². The Bertz CT molecular complexity index is 1120. The van der Waals surface area contributed by atoms with Crippen LogP contribution in [0.2, 0.25) is 0 Å². The van der Waals surface area contributed by atoms with Gasteiger partial charge < -0.3 is 24.9 Å². The molecule has 5 aliphatic rings. The lowest BCUT2D eigenvalue weighted by Crippen LogP contribution is -2.64. The number of amides is 2. The van der Waals surface area contributed by atoms with Gasteiger partial charge in [0.05, 0.1) is 24.3 Å². The molecule has 36 heavy (non-hydrogen) atoms. The summed E-state index contributed by atoms with van der Waals surface area (Å²) in [5, 5.41) is 8.49. The molecule has 1 aromatic rings. The van der Waals surface area contributed by atoms with Gasteiger partial charge in [-0.3, -0.25) is 14.6 Å². The number of likely N-dealkylation sites (N-methyl/N-ethyl adjacent to an activating group) is 3. The van der Waals surface area contributed by atoms with Gasteiger partial charge in [0.15, 0.2) is 11.4 Å². The van der Waals surface area contributed by atoms with Crippen molar-refractivity contribution in [2.75, 3.05) is 46.1 Å². The largest absolute Gasteiger partial charge is 0.353 e. The Morgan fingerprint density at radius 3 is 2.58 bits per heavy atom. The topological polar surface area (TPSA) is 75.5 Å². The van der Waals surface area contributed by atoms with Crippen LogP contribution in [0.1, 0.15) is 38.3 Å². The van der Waals surface area contributed by atoms with Gasteiger partial charge in [-0.05, 0) is 59.7 Å². The van der Waals surface area contributed by atoms with E-state index in [0.717, 1.165) is 68.2 Å². The number of anilines is 1. The summed E-state index contributed by atoms with van der Waals surface area (Å²) in [6.45, 7) is 7.39. The molecule has 2 atom stereocenters. The molecule has 0 saturated heterocycles. The molecular weight excluding hydrogens is 454 g/mol. The van der Waals surface area contributed by atoms with E-state index in [1.165, 1.54) is 0 Å². The van der Waals surface area contributed by atoms with Gasteiger partial charge in [0.25, 0.3) is 0 Å². The van der Waals surface area contributed by atoms with E-state index in [1.54, 1.807) is 0 Å². The van der Waals surface area contributed by atoms with E-state index >= 15 is 0 Å². The molecule has 0 radical (unpaired) electrons. The van der Waals surface area contributed by atoms with Crippen molar-refractivity contribution in [2.45, 2.75) is 69.9 Å². The number of carbonyl (C=O) groups excluding carboxylic acids is 1. The zero-order chi connectivity index (χ0) is 25.2. The standard InChI is InChI=1S/C26H39N9O/c1-6-32-16-21(28-23-15-18(2)34(29-23)14-13-30(3)4)26-22(31(5)17-27-26)11-12-33(24(26)32)25(36)35(19-7-8-19)20-9-10-20/h11,15-17,19-20,24H,6-10,12-14H2,1-5H3,(H,28,29). The summed E-state index contributed by atoms with van der Waals surface area (Å²) in [5.41, 5.74) is 2.53. The first-order valence-corrected chi connectivity index (χ1v) is 13.4. The fourth-order valence-electron chi connectivity index (χ4n) is 5.95. The number of aliphatic imine (C=N–C) groups is 1. The number of hydrogen-bond acceptors (Lipinski definition) is 7. The molecule has 1 spiro atoms. The van der Waals surface area contributed by atoms with Crippen molar-refractivity contribution in [1.82, 2.24) is 34.3 Å². The minimum atomic E-state index is -0.682. The van der Waals surface area contributed by atoms with Crippen LogP contribution in [-0.2, 0) is 6.54 Å². The Kier molecular flexibility index (Phi) is 5.55. The Morgan fingerprint density at radius 1 is 1.22 bits per heavy atom. The highest BCUT2D eigenvalue weighted by molar-refractivity contribution is 5.79. The minimum Gasteiger partial charge on any atom is -0.353 e. The van der Waals surface area contributed by atoms with Crippen molar-refractivity contribution in [3.05, 3.63) is 35.4 Å². The first kappa shape index (κ1) is 23.4. The normalized spacial score (nSPS) is 26.8. The molecule has 10 heteroatoms. The van der Waals surface area contributed by atoms with E-state index in [4.69, 9.17) is 10.1 Å². The van der Waals surface area contributed by atoms with Gasteiger partial charge >= 0.3 is 6.03 Å². The molecule has 2 unspecified atom stereocenters. The molecule has 2 saturated carbocycles. The second-order valence-electron chi connectivity index (χ2n) is 11.1. The van der Waals surface area contributed by atoms with Crippen LogP contribution in [0.25, 0.3) is 0 Å². The highest BCUT2D eigenvalue weighted by atomic mass is 16.2. The molecule has 2 amide bonds. The Labute approximate surface area is 213 Å². The van der Waals surface area contributed by atoms with Crippen LogP contribution in [0.15, 0.2) is 34.7 Å². The average molecular weight is 494 g/mol. The van der Waals surface area contributed by atoms with Gasteiger partial charge in [-0.25, -0.2) is 4.79 Å². The van der Waals surface area contributed by atoms with Crippen LogP contribution in [0.5, 0.6) is 0 Å². The number of nitrogens with zero attached hydrogens (tertiary/aromatic N) is 8. The lowest BCUT2D eigenvalue weighted by molar-refractivity contribution is 0.0589. The number of urea groups is 1. The van der Waals surface area contributed by atoms with Crippen LogP contribution in [0, 0.1) is 6.92 Å². The minimum absolute atomic E-state index is 0.168. The number of nitrogens with one attached hydrogen (secondary N) is 1. The molecular formula is C26H39N9O. The molecule has 0 bridgehead atoms. The number of aromatic nitrogens is 2. The van der Waals surface area contributed by atoms with Gasteiger partial charge in [-0.2, -0.15) is 5.10 Å². The maximum atomic E-state index is 14.0. The van der Waals surface area contributed by atoms with Crippen molar-refractivity contribution in [2.24, 2.45) is 4.99 Å². The van der Waals surface area contributed by atoms with Gasteiger partial charge in [0.1, 0.15) is 6.17 Å². The summed E-state index contributed by atoms with van der Waals surface area (Å²) in [6, 6.07) is 3.09. The van der Waals surface area contributed by atoms with Crippen LogP contribution in [0.3, 0.4) is 0 Å². The monoisotopic (exact) mass is 493 g/mol. The van der Waals surface area contributed by atoms with Crippen LogP contribution in [0.4, 0.5) is 10.6 Å². The molecule has 6 rings (SSSR count). The van der Waals surface area contributed by atoms with Crippen LogP contribution in [-0.4, -0.2) is 111 Å². The SMILES string of the molecule is CCN1C=C(Nc2cc(C)n(CCN(C)C)n2)C23N=CN(C)C2=CCN(C(=O)N(C2CC2)C2CC2)C13. The quantitative estimate of drug-likeness (QED) is 0.599. The summed E-state index contributed by atoms with van der Waals surface area (Å²) in [6.07, 6.45) is 10.6. The van der Waals surface area contributed by atoms with Gasteiger partial charge in [0.2, 0.25) is 0 Å². The van der Waals surface area contributed by atoms with Gasteiger partial charge in [-0.15, -0.1) is 0 Å². The summed E-state index contributed by atoms with van der Waals surface area (Å²) >= 11 is 0. The average Bonchev–Trinajstić information content (AvgIpc) is 3.77. The van der Waals surface area contributed by atoms with Crippen LogP contribution >= 0.6 is 0 Å². The summed E-state index contributed by atoms with van der Waals surface area (Å²) in [7, 11) is 6.20. The van der Waals surface area contributed by atoms with Crippen molar-refractivity contribution in [3.63, 3.8) is 0 Å². The summed E-state index contributed by atoms with van der Waals surface area (Å²) < 4.78 is 2.05. The van der Waals surface area contributed by atoms with Crippen molar-refractivity contribution < 1.29 is 4.79 Å². The lowest BCUT2D eigenvalue weighted by Gasteiger charge is -2.47. The maximum absolute atomic E-state index is 14.0. The second-order valence-corrected chi connectivity index (χ2v) is 11.1. The van der Waals surface area contributed by atoms with Crippen molar-refractivity contribution in [1.29, 1.82) is 0 Å². The van der Waals surface area contributed by atoms with Crippen molar-refractivity contribution >= 4 is 18.2 Å². The number of aryl methyl sites for hydroxylation is 1. The number of rotatable bonds is 8. The van der Waals surface area contributed by atoms with E-state index in [0.29, 0.717) is 18.6 Å². The number of hydrogen-bond donors (Lipinski definition) is 1. The molecule has 1 aromatic heterocycles. The first-order valence-electron chi connectivity index (χ1n) is 13.4. The smallest absolute Gasteiger partial charge is 0.322 e. The first-order chi connectivity index (χ1) is 17.3. The van der Waals surface area contributed by atoms with Crippen LogP contribution < -0.4 is 5.32 Å². The molecule has 3 aliphatic heterocycles. The molecule has 0 aromatic carbocycles. The molecule has 4 heterocycles. The van der Waals surface area contributed by atoms with E-state index in [2.05, 4.69) is 76.1 Å². The van der Waals surface area contributed by atoms with Gasteiger partial charge in [-0.1, -0.05) is 0 Å². The van der Waals surface area contributed by atoms with E-state index in [9.17, 15) is 4.79 Å². The highest BCUT2D eigenvalue weighted by Gasteiger charge is 2.61. The molecule has 10 nitrogen and oxygen atoms in total. The second kappa shape index (κ2) is 8.54. The Balaban J connectivity index is 1.33. The fraction of sp³-hybridized carbons (Fsp3) is 0.654. The third-order valence-corrected chi connectivity index (χ3v) is 8.09.